The summed E-state index contributed by atoms with van der Waals surface area (Å²) in [5.41, 5.74) is 2.05. The maximum absolute atomic E-state index is 13.5. The molecule has 0 aromatic heterocycles. The summed E-state index contributed by atoms with van der Waals surface area (Å²) in [4.78, 5) is 41.9. The van der Waals surface area contributed by atoms with Crippen LogP contribution in [0.15, 0.2) is 35.5 Å². The number of carbonyl (C=O) groups is 3. The Morgan fingerprint density at radius 3 is 2.62 bits per heavy atom. The van der Waals surface area contributed by atoms with E-state index in [2.05, 4.69) is 10.6 Å². The monoisotopic (exact) mass is 398 g/mol. The Labute approximate surface area is 172 Å². The second kappa shape index (κ2) is 7.54. The lowest BCUT2D eigenvalue weighted by molar-refractivity contribution is -0.141. The smallest absolute Gasteiger partial charge is 0.322 e. The minimum atomic E-state index is -1.04. The first-order valence-corrected chi connectivity index (χ1v) is 9.98. The van der Waals surface area contributed by atoms with E-state index < -0.39 is 11.6 Å². The molecule has 0 bridgehead atoms. The summed E-state index contributed by atoms with van der Waals surface area (Å²) in [6.45, 7) is 10.3. The molecular formula is C22H30N4O3. The minimum absolute atomic E-state index is 0.201. The van der Waals surface area contributed by atoms with Crippen LogP contribution in [0.1, 0.15) is 44.9 Å². The fraction of sp³-hybridized carbons (Fsp3) is 0.500. The Bertz CT molecular complexity index is 888. The topological polar surface area (TPSA) is 81.8 Å². The van der Waals surface area contributed by atoms with Crippen LogP contribution in [0, 0.1) is 12.8 Å². The number of urea groups is 1. The predicted molar refractivity (Wildman–Crippen MR) is 111 cm³/mol. The summed E-state index contributed by atoms with van der Waals surface area (Å²) < 4.78 is 0. The average molecular weight is 399 g/mol. The van der Waals surface area contributed by atoms with Crippen molar-refractivity contribution in [2.75, 3.05) is 20.1 Å². The van der Waals surface area contributed by atoms with Gasteiger partial charge in [-0.15, -0.1) is 0 Å². The maximum atomic E-state index is 13.5. The van der Waals surface area contributed by atoms with Gasteiger partial charge in [-0.2, -0.15) is 0 Å². The number of hydrogen-bond acceptors (Lipinski definition) is 3. The quantitative estimate of drug-likeness (QED) is 0.799. The maximum Gasteiger partial charge on any atom is 0.322 e. The Hall–Kier alpha value is -2.83. The third-order valence-electron chi connectivity index (χ3n) is 5.64. The van der Waals surface area contributed by atoms with Gasteiger partial charge in [0.2, 0.25) is 5.91 Å². The zero-order valence-electron chi connectivity index (χ0n) is 18.0. The zero-order chi connectivity index (χ0) is 21.5. The number of nitrogens with zero attached hydrogens (tertiary/aromatic N) is 2. The molecule has 0 saturated carbocycles. The van der Waals surface area contributed by atoms with E-state index in [1.165, 1.54) is 4.90 Å². The lowest BCUT2D eigenvalue weighted by atomic mass is 9.94. The molecule has 1 aromatic carbocycles. The molecule has 0 fully saturated rings. The average Bonchev–Trinajstić information content (AvgIpc) is 3.01. The van der Waals surface area contributed by atoms with E-state index in [9.17, 15) is 14.4 Å². The van der Waals surface area contributed by atoms with Crippen LogP contribution in [0.5, 0.6) is 0 Å². The molecule has 2 aliphatic heterocycles. The molecule has 3 rings (SSSR count). The number of aryl methyl sites for hydroxylation is 1. The highest BCUT2D eigenvalue weighted by Gasteiger charge is 2.49. The van der Waals surface area contributed by atoms with Crippen LogP contribution < -0.4 is 10.6 Å². The number of nitrogens with one attached hydrogen (secondary N) is 2. The van der Waals surface area contributed by atoms with Crippen LogP contribution in [0.2, 0.25) is 0 Å². The zero-order valence-corrected chi connectivity index (χ0v) is 18.0. The molecule has 7 nitrogen and oxygen atoms in total. The number of benzene rings is 1. The second-order valence-corrected chi connectivity index (χ2v) is 8.77. The molecule has 0 unspecified atom stereocenters. The van der Waals surface area contributed by atoms with Gasteiger partial charge in [0.25, 0.3) is 5.91 Å². The van der Waals surface area contributed by atoms with Gasteiger partial charge in [-0.25, -0.2) is 4.79 Å². The molecule has 1 atom stereocenters. The summed E-state index contributed by atoms with van der Waals surface area (Å²) in [5, 5.41) is 5.86. The van der Waals surface area contributed by atoms with Gasteiger partial charge < -0.3 is 15.5 Å². The summed E-state index contributed by atoms with van der Waals surface area (Å²) in [6, 6.07) is 6.98. The Balaban J connectivity index is 1.94. The van der Waals surface area contributed by atoms with Crippen LogP contribution in [0.25, 0.3) is 0 Å². The number of likely N-dealkylation sites (N-methyl/N-ethyl adjacent to an activating group) is 1. The number of carbonyl (C=O) groups excluding carboxylic acids is 3. The molecule has 156 valence electrons. The first-order chi connectivity index (χ1) is 13.5. The van der Waals surface area contributed by atoms with Crippen molar-refractivity contribution in [1.82, 2.24) is 20.4 Å². The summed E-state index contributed by atoms with van der Waals surface area (Å²) in [7, 11) is 1.65. The number of amides is 4. The standard InChI is InChI=1S/C22H30N4O3/c1-13(2)11-23-20(28)22(4,5)26-12-16-17(19(26)27)18(24-21(29)25(16)6)15-9-7-8-14(3)10-15/h7-10,13,18H,11-12H2,1-6H3,(H,23,28)(H,24,29)/t18-/m0/s1. The van der Waals surface area contributed by atoms with Crippen molar-refractivity contribution in [3.63, 3.8) is 0 Å². The first kappa shape index (κ1) is 20.9. The van der Waals surface area contributed by atoms with Crippen molar-refractivity contribution < 1.29 is 14.4 Å². The molecule has 0 aliphatic carbocycles. The van der Waals surface area contributed by atoms with E-state index in [0.29, 0.717) is 23.7 Å². The van der Waals surface area contributed by atoms with Gasteiger partial charge in [0.05, 0.1) is 23.9 Å². The minimum Gasteiger partial charge on any atom is -0.354 e. The second-order valence-electron chi connectivity index (χ2n) is 8.77. The fourth-order valence-corrected chi connectivity index (χ4v) is 3.75. The molecule has 29 heavy (non-hydrogen) atoms. The van der Waals surface area contributed by atoms with Gasteiger partial charge in [-0.05, 0) is 32.3 Å². The fourth-order valence-electron chi connectivity index (χ4n) is 3.75. The van der Waals surface area contributed by atoms with Crippen molar-refractivity contribution in [2.45, 2.75) is 46.2 Å². The van der Waals surface area contributed by atoms with Gasteiger partial charge in [-0.3, -0.25) is 14.5 Å². The first-order valence-electron chi connectivity index (χ1n) is 9.98. The Kier molecular flexibility index (Phi) is 5.43. The summed E-state index contributed by atoms with van der Waals surface area (Å²) in [6.07, 6.45) is 0. The van der Waals surface area contributed by atoms with Crippen LogP contribution in [-0.2, 0) is 9.59 Å². The van der Waals surface area contributed by atoms with Gasteiger partial charge in [0.1, 0.15) is 5.54 Å². The molecule has 2 heterocycles. The van der Waals surface area contributed by atoms with Crippen molar-refractivity contribution in [1.29, 1.82) is 0 Å². The summed E-state index contributed by atoms with van der Waals surface area (Å²) in [5.74, 6) is -0.106. The molecule has 7 heteroatoms. The van der Waals surface area contributed by atoms with E-state index in [1.807, 2.05) is 45.0 Å². The summed E-state index contributed by atoms with van der Waals surface area (Å²) >= 11 is 0. The van der Waals surface area contributed by atoms with Crippen LogP contribution in [-0.4, -0.2) is 53.3 Å². The lowest BCUT2D eigenvalue weighted by Crippen LogP contribution is -2.56. The molecular weight excluding hydrogens is 368 g/mol. The van der Waals surface area contributed by atoms with E-state index in [0.717, 1.165) is 11.1 Å². The largest absolute Gasteiger partial charge is 0.354 e. The highest BCUT2D eigenvalue weighted by atomic mass is 16.2. The van der Waals surface area contributed by atoms with Gasteiger partial charge >= 0.3 is 6.03 Å². The molecule has 0 saturated heterocycles. The number of hydrogen-bond donors (Lipinski definition) is 2. The number of rotatable bonds is 5. The van der Waals surface area contributed by atoms with Gasteiger partial charge in [0, 0.05) is 13.6 Å². The highest BCUT2D eigenvalue weighted by Crippen LogP contribution is 2.38. The van der Waals surface area contributed by atoms with Crippen LogP contribution >= 0.6 is 0 Å². The van der Waals surface area contributed by atoms with E-state index >= 15 is 0 Å². The highest BCUT2D eigenvalue weighted by molar-refractivity contribution is 6.04. The molecule has 1 aromatic rings. The van der Waals surface area contributed by atoms with Gasteiger partial charge in [0.15, 0.2) is 0 Å². The Morgan fingerprint density at radius 2 is 2.00 bits per heavy atom. The van der Waals surface area contributed by atoms with Gasteiger partial charge in [-0.1, -0.05) is 43.7 Å². The van der Waals surface area contributed by atoms with Crippen molar-refractivity contribution >= 4 is 17.8 Å². The third-order valence-corrected chi connectivity index (χ3v) is 5.64. The van der Waals surface area contributed by atoms with E-state index in [4.69, 9.17) is 0 Å². The van der Waals surface area contributed by atoms with Crippen molar-refractivity contribution in [2.24, 2.45) is 5.92 Å². The molecule has 0 spiro atoms. The molecule has 2 N–H and O–H groups in total. The van der Waals surface area contributed by atoms with Crippen molar-refractivity contribution in [3.05, 3.63) is 46.7 Å². The van der Waals surface area contributed by atoms with E-state index in [-0.39, 0.29) is 24.4 Å². The lowest BCUT2D eigenvalue weighted by Gasteiger charge is -2.35. The molecule has 0 radical (unpaired) electrons. The third kappa shape index (κ3) is 3.73. The van der Waals surface area contributed by atoms with E-state index in [1.54, 1.807) is 25.8 Å². The SMILES string of the molecule is Cc1cccc([C@@H]2NC(=O)N(C)C3=C2C(=O)N(C(C)(C)C(=O)NCC(C)C)C3)c1. The van der Waals surface area contributed by atoms with Crippen LogP contribution in [0.4, 0.5) is 4.79 Å². The van der Waals surface area contributed by atoms with Crippen LogP contribution in [0.3, 0.4) is 0 Å². The molecule has 2 aliphatic rings. The Morgan fingerprint density at radius 1 is 1.31 bits per heavy atom. The normalized spacial score (nSPS) is 19.6. The predicted octanol–water partition coefficient (Wildman–Crippen LogP) is 2.34. The van der Waals surface area contributed by atoms with Crippen molar-refractivity contribution in [3.8, 4) is 0 Å². The molecule has 4 amide bonds.